The Labute approximate surface area is 152 Å². The summed E-state index contributed by atoms with van der Waals surface area (Å²) < 4.78 is 11.8. The Kier molecular flexibility index (Phi) is 6.15. The number of benzene rings is 1. The lowest BCUT2D eigenvalue weighted by Crippen LogP contribution is -2.37. The molecule has 0 saturated heterocycles. The lowest BCUT2D eigenvalue weighted by atomic mass is 9.95. The van der Waals surface area contributed by atoms with E-state index in [0.29, 0.717) is 23.2 Å². The Morgan fingerprint density at radius 3 is 2.68 bits per heavy atom. The lowest BCUT2D eigenvalue weighted by Gasteiger charge is -2.22. The Morgan fingerprint density at radius 1 is 1.16 bits per heavy atom. The van der Waals surface area contributed by atoms with E-state index >= 15 is 0 Å². The van der Waals surface area contributed by atoms with Gasteiger partial charge in [-0.05, 0) is 25.0 Å². The van der Waals surface area contributed by atoms with Crippen LogP contribution in [0.3, 0.4) is 0 Å². The van der Waals surface area contributed by atoms with Gasteiger partial charge < -0.3 is 20.1 Å². The van der Waals surface area contributed by atoms with Crippen LogP contribution in [0.5, 0.6) is 11.5 Å². The highest BCUT2D eigenvalue weighted by Gasteiger charge is 2.21. The number of fused-ring (bicyclic) bond motifs is 1. The molecular weight excluding hydrogens is 336 g/mol. The van der Waals surface area contributed by atoms with Crippen molar-refractivity contribution in [3.05, 3.63) is 23.1 Å². The van der Waals surface area contributed by atoms with Gasteiger partial charge in [0, 0.05) is 24.5 Å². The van der Waals surface area contributed by atoms with Gasteiger partial charge >= 0.3 is 0 Å². The fraction of sp³-hybridized carbons (Fsp3) is 0.526. The van der Waals surface area contributed by atoms with E-state index in [2.05, 4.69) is 10.6 Å². The normalized spacial score (nSPS) is 15.3. The highest BCUT2D eigenvalue weighted by atomic mass is 32.1. The first-order valence-corrected chi connectivity index (χ1v) is 9.71. The zero-order valence-corrected chi connectivity index (χ0v) is 15.7. The molecule has 2 aromatic rings. The molecule has 0 bridgehead atoms. The van der Waals surface area contributed by atoms with Crippen LogP contribution < -0.4 is 20.1 Å². The second kappa shape index (κ2) is 8.54. The number of amides is 1. The van der Waals surface area contributed by atoms with Crippen LogP contribution in [0.4, 0.5) is 0 Å². The number of nitrogens with one attached hydrogen (secondary N) is 2. The van der Waals surface area contributed by atoms with Crippen molar-refractivity contribution >= 4 is 27.3 Å². The SMILES string of the molecule is COc1c(C(=O)NCCNC2CCCCC2)sc2c(OC)cccc12. The topological polar surface area (TPSA) is 59.6 Å². The number of carbonyl (C=O) groups is 1. The number of rotatable bonds is 7. The number of carbonyl (C=O) groups excluding carboxylic acids is 1. The third-order valence-electron chi connectivity index (χ3n) is 4.71. The highest BCUT2D eigenvalue weighted by Crippen LogP contribution is 2.42. The predicted octanol–water partition coefficient (Wildman–Crippen LogP) is 3.57. The van der Waals surface area contributed by atoms with Gasteiger partial charge in [0.2, 0.25) is 0 Å². The smallest absolute Gasteiger partial charge is 0.265 e. The van der Waals surface area contributed by atoms with Crippen molar-refractivity contribution in [1.82, 2.24) is 10.6 Å². The fourth-order valence-electron chi connectivity index (χ4n) is 3.42. The first-order valence-electron chi connectivity index (χ1n) is 8.89. The van der Waals surface area contributed by atoms with Gasteiger partial charge in [-0.15, -0.1) is 11.3 Å². The van der Waals surface area contributed by atoms with E-state index in [-0.39, 0.29) is 5.91 Å². The average molecular weight is 362 g/mol. The average Bonchev–Trinajstić information content (AvgIpc) is 3.04. The Balaban J connectivity index is 1.63. The van der Waals surface area contributed by atoms with Crippen LogP contribution in [0.1, 0.15) is 41.8 Å². The summed E-state index contributed by atoms with van der Waals surface area (Å²) in [4.78, 5) is 13.2. The second-order valence-electron chi connectivity index (χ2n) is 6.35. The van der Waals surface area contributed by atoms with Gasteiger partial charge in [-0.3, -0.25) is 4.79 Å². The molecule has 136 valence electrons. The monoisotopic (exact) mass is 362 g/mol. The van der Waals surface area contributed by atoms with Crippen LogP contribution in [0.15, 0.2) is 18.2 Å². The minimum atomic E-state index is -0.0921. The molecule has 6 heteroatoms. The predicted molar refractivity (Wildman–Crippen MR) is 102 cm³/mol. The molecule has 1 aromatic carbocycles. The minimum absolute atomic E-state index is 0.0921. The van der Waals surface area contributed by atoms with Crippen molar-refractivity contribution in [3.63, 3.8) is 0 Å². The van der Waals surface area contributed by atoms with Gasteiger partial charge in [-0.25, -0.2) is 0 Å². The second-order valence-corrected chi connectivity index (χ2v) is 7.37. The highest BCUT2D eigenvalue weighted by molar-refractivity contribution is 7.21. The molecular formula is C19H26N2O3S. The molecule has 1 aromatic heterocycles. The molecule has 1 aliphatic carbocycles. The number of hydrogen-bond donors (Lipinski definition) is 2. The molecule has 1 saturated carbocycles. The number of methoxy groups -OCH3 is 2. The number of thiophene rings is 1. The maximum atomic E-state index is 12.6. The summed E-state index contributed by atoms with van der Waals surface area (Å²) in [6, 6.07) is 6.36. The largest absolute Gasteiger partial charge is 0.495 e. The maximum absolute atomic E-state index is 12.6. The van der Waals surface area contributed by atoms with Gasteiger partial charge in [-0.1, -0.05) is 25.3 Å². The fourth-order valence-corrected chi connectivity index (χ4v) is 4.60. The third-order valence-corrected chi connectivity index (χ3v) is 5.91. The molecule has 1 heterocycles. The van der Waals surface area contributed by atoms with Crippen molar-refractivity contribution < 1.29 is 14.3 Å². The van der Waals surface area contributed by atoms with E-state index in [4.69, 9.17) is 9.47 Å². The summed E-state index contributed by atoms with van der Waals surface area (Å²) >= 11 is 1.41. The van der Waals surface area contributed by atoms with Crippen molar-refractivity contribution in [2.75, 3.05) is 27.3 Å². The molecule has 0 spiro atoms. The Morgan fingerprint density at radius 2 is 1.96 bits per heavy atom. The molecule has 2 N–H and O–H groups in total. The van der Waals surface area contributed by atoms with Crippen LogP contribution in [0, 0.1) is 0 Å². The zero-order chi connectivity index (χ0) is 17.6. The molecule has 0 aliphatic heterocycles. The van der Waals surface area contributed by atoms with Gasteiger partial charge in [0.1, 0.15) is 16.4 Å². The summed E-state index contributed by atoms with van der Waals surface area (Å²) in [5.41, 5.74) is 0. The molecule has 0 unspecified atom stereocenters. The van der Waals surface area contributed by atoms with Crippen LogP contribution in [-0.4, -0.2) is 39.3 Å². The first kappa shape index (κ1) is 18.0. The summed E-state index contributed by atoms with van der Waals surface area (Å²) in [7, 11) is 3.24. The van der Waals surface area contributed by atoms with E-state index < -0.39 is 0 Å². The van der Waals surface area contributed by atoms with E-state index in [1.54, 1.807) is 14.2 Å². The molecule has 3 rings (SSSR count). The van der Waals surface area contributed by atoms with E-state index in [0.717, 1.165) is 22.4 Å². The van der Waals surface area contributed by atoms with Crippen molar-refractivity contribution in [3.8, 4) is 11.5 Å². The molecule has 25 heavy (non-hydrogen) atoms. The Hall–Kier alpha value is -1.79. The van der Waals surface area contributed by atoms with E-state index in [9.17, 15) is 4.79 Å². The van der Waals surface area contributed by atoms with Gasteiger partial charge in [0.25, 0.3) is 5.91 Å². The molecule has 0 atom stereocenters. The lowest BCUT2D eigenvalue weighted by molar-refractivity contribution is 0.0955. The van der Waals surface area contributed by atoms with Crippen molar-refractivity contribution in [1.29, 1.82) is 0 Å². The van der Waals surface area contributed by atoms with Gasteiger partial charge in [-0.2, -0.15) is 0 Å². The van der Waals surface area contributed by atoms with E-state index in [1.807, 2.05) is 18.2 Å². The zero-order valence-electron chi connectivity index (χ0n) is 14.9. The molecule has 0 radical (unpaired) electrons. The summed E-state index contributed by atoms with van der Waals surface area (Å²) in [6.45, 7) is 1.41. The standard InChI is InChI=1S/C19H26N2O3S/c1-23-15-10-6-9-14-16(24-2)18(25-17(14)15)19(22)21-12-11-20-13-7-4-3-5-8-13/h6,9-10,13,20H,3-5,7-8,11-12H2,1-2H3,(H,21,22). The van der Waals surface area contributed by atoms with Crippen LogP contribution in [0.25, 0.3) is 10.1 Å². The van der Waals surface area contributed by atoms with Crippen LogP contribution >= 0.6 is 11.3 Å². The molecule has 5 nitrogen and oxygen atoms in total. The van der Waals surface area contributed by atoms with E-state index in [1.165, 1.54) is 43.4 Å². The van der Waals surface area contributed by atoms with Gasteiger partial charge in [0.05, 0.1) is 18.9 Å². The summed E-state index contributed by atoms with van der Waals surface area (Å²) in [5, 5.41) is 7.45. The van der Waals surface area contributed by atoms with Crippen molar-refractivity contribution in [2.45, 2.75) is 38.1 Å². The molecule has 1 aliphatic rings. The number of hydrogen-bond acceptors (Lipinski definition) is 5. The number of ether oxygens (including phenoxy) is 2. The minimum Gasteiger partial charge on any atom is -0.495 e. The van der Waals surface area contributed by atoms with Crippen LogP contribution in [-0.2, 0) is 0 Å². The summed E-state index contributed by atoms with van der Waals surface area (Å²) in [5.74, 6) is 1.29. The summed E-state index contributed by atoms with van der Waals surface area (Å²) in [6.07, 6.45) is 6.47. The Bertz CT molecular complexity index is 723. The molecule has 1 amide bonds. The first-order chi connectivity index (χ1) is 12.2. The van der Waals surface area contributed by atoms with Crippen molar-refractivity contribution in [2.24, 2.45) is 0 Å². The maximum Gasteiger partial charge on any atom is 0.265 e. The third kappa shape index (κ3) is 4.07. The molecule has 1 fully saturated rings. The quantitative estimate of drug-likeness (QED) is 0.739. The van der Waals surface area contributed by atoms with Crippen LogP contribution in [0.2, 0.25) is 0 Å². The van der Waals surface area contributed by atoms with Gasteiger partial charge in [0.15, 0.2) is 0 Å².